The van der Waals surface area contributed by atoms with E-state index < -0.39 is 6.09 Å². The Kier molecular flexibility index (Phi) is 4.04. The van der Waals surface area contributed by atoms with E-state index in [1.807, 2.05) is 14.0 Å². The SMILES string of the molecule is CNC1CCCN(C(=O)O)C1c1ccc(F)cc1C. The van der Waals surface area contributed by atoms with Gasteiger partial charge in [0.2, 0.25) is 0 Å². The number of halogens is 1. The molecular formula is C14H19FN2O2. The second kappa shape index (κ2) is 5.57. The molecule has 0 aliphatic carbocycles. The van der Waals surface area contributed by atoms with Crippen LogP contribution >= 0.6 is 0 Å². The number of benzene rings is 1. The van der Waals surface area contributed by atoms with Gasteiger partial charge in [0, 0.05) is 12.6 Å². The van der Waals surface area contributed by atoms with Crippen LogP contribution in [0, 0.1) is 12.7 Å². The third kappa shape index (κ3) is 2.71. The van der Waals surface area contributed by atoms with Gasteiger partial charge in [-0.1, -0.05) is 6.07 Å². The molecule has 0 spiro atoms. The lowest BCUT2D eigenvalue weighted by molar-refractivity contribution is 0.0908. The number of hydrogen-bond donors (Lipinski definition) is 2. The summed E-state index contributed by atoms with van der Waals surface area (Å²) in [6, 6.07) is 4.35. The van der Waals surface area contributed by atoms with Crippen LogP contribution in [0.2, 0.25) is 0 Å². The predicted molar refractivity (Wildman–Crippen MR) is 70.7 cm³/mol. The number of amides is 1. The van der Waals surface area contributed by atoms with E-state index in [0.717, 1.165) is 24.0 Å². The second-order valence-corrected chi connectivity index (χ2v) is 4.96. The summed E-state index contributed by atoms with van der Waals surface area (Å²) in [7, 11) is 1.84. The highest BCUT2D eigenvalue weighted by atomic mass is 19.1. The van der Waals surface area contributed by atoms with Gasteiger partial charge in [-0.3, -0.25) is 4.90 Å². The molecule has 0 bridgehead atoms. The molecule has 0 radical (unpaired) electrons. The van der Waals surface area contributed by atoms with Crippen molar-refractivity contribution in [3.8, 4) is 0 Å². The number of likely N-dealkylation sites (N-methyl/N-ethyl adjacent to an activating group) is 1. The van der Waals surface area contributed by atoms with Gasteiger partial charge in [-0.05, 0) is 50.1 Å². The van der Waals surface area contributed by atoms with Gasteiger partial charge in [0.15, 0.2) is 0 Å². The van der Waals surface area contributed by atoms with E-state index in [-0.39, 0.29) is 17.9 Å². The van der Waals surface area contributed by atoms with Crippen molar-refractivity contribution in [2.45, 2.75) is 31.8 Å². The van der Waals surface area contributed by atoms with Crippen LogP contribution in [0.1, 0.15) is 30.0 Å². The molecule has 0 aromatic heterocycles. The summed E-state index contributed by atoms with van der Waals surface area (Å²) in [6.45, 7) is 2.34. The fourth-order valence-electron chi connectivity index (χ4n) is 2.87. The maximum Gasteiger partial charge on any atom is 0.407 e. The van der Waals surface area contributed by atoms with Crippen LogP contribution in [0.4, 0.5) is 9.18 Å². The number of nitrogens with zero attached hydrogens (tertiary/aromatic N) is 1. The van der Waals surface area contributed by atoms with Crippen LogP contribution in [0.3, 0.4) is 0 Å². The number of carbonyl (C=O) groups is 1. The van der Waals surface area contributed by atoms with Crippen LogP contribution in [0.15, 0.2) is 18.2 Å². The van der Waals surface area contributed by atoms with Gasteiger partial charge in [0.1, 0.15) is 5.82 Å². The minimum absolute atomic E-state index is 0.0639. The standard InChI is InChI=1S/C14H19FN2O2/c1-9-8-10(15)5-6-11(9)13-12(16-2)4-3-7-17(13)14(18)19/h5-6,8,12-13,16H,3-4,7H2,1-2H3,(H,18,19). The first-order chi connectivity index (χ1) is 9.04. The molecule has 19 heavy (non-hydrogen) atoms. The minimum atomic E-state index is -0.923. The van der Waals surface area contributed by atoms with Crippen LogP contribution in [0.25, 0.3) is 0 Å². The van der Waals surface area contributed by atoms with Crippen molar-refractivity contribution in [2.24, 2.45) is 0 Å². The summed E-state index contributed by atoms with van der Waals surface area (Å²) < 4.78 is 13.2. The summed E-state index contributed by atoms with van der Waals surface area (Å²) in [4.78, 5) is 12.9. The molecule has 1 aliphatic heterocycles. The van der Waals surface area contributed by atoms with Crippen LogP contribution in [0.5, 0.6) is 0 Å². The van der Waals surface area contributed by atoms with E-state index in [0.29, 0.717) is 6.54 Å². The Hall–Kier alpha value is -1.62. The van der Waals surface area contributed by atoms with Crippen molar-refractivity contribution in [1.82, 2.24) is 10.2 Å². The Balaban J connectivity index is 2.42. The molecule has 1 fully saturated rings. The molecule has 0 saturated carbocycles. The molecule has 2 atom stereocenters. The molecule has 1 amide bonds. The maximum atomic E-state index is 13.2. The van der Waals surface area contributed by atoms with Gasteiger partial charge in [-0.2, -0.15) is 0 Å². The van der Waals surface area contributed by atoms with E-state index in [1.165, 1.54) is 17.0 Å². The van der Waals surface area contributed by atoms with Gasteiger partial charge in [-0.25, -0.2) is 9.18 Å². The van der Waals surface area contributed by atoms with Crippen LogP contribution < -0.4 is 5.32 Å². The smallest absolute Gasteiger partial charge is 0.407 e. The largest absolute Gasteiger partial charge is 0.465 e. The number of carboxylic acid groups (broad SMARTS) is 1. The summed E-state index contributed by atoms with van der Waals surface area (Å²) in [5.41, 5.74) is 1.67. The van der Waals surface area contributed by atoms with Crippen molar-refractivity contribution >= 4 is 6.09 Å². The predicted octanol–water partition coefficient (Wildman–Crippen LogP) is 2.54. The Morgan fingerprint density at radius 1 is 1.53 bits per heavy atom. The zero-order valence-electron chi connectivity index (χ0n) is 11.2. The Morgan fingerprint density at radius 2 is 2.26 bits per heavy atom. The Bertz CT molecular complexity index is 479. The summed E-state index contributed by atoms with van der Waals surface area (Å²) in [5.74, 6) is -0.292. The number of hydrogen-bond acceptors (Lipinski definition) is 2. The Morgan fingerprint density at radius 3 is 2.84 bits per heavy atom. The van der Waals surface area contributed by atoms with Crippen molar-refractivity contribution in [2.75, 3.05) is 13.6 Å². The molecule has 1 aromatic carbocycles. The lowest BCUT2D eigenvalue weighted by Gasteiger charge is -2.40. The van der Waals surface area contributed by atoms with Crippen LogP contribution in [-0.4, -0.2) is 35.7 Å². The first kappa shape index (κ1) is 13.8. The number of aryl methyl sites for hydroxylation is 1. The lowest BCUT2D eigenvalue weighted by Crippen LogP contribution is -2.49. The molecule has 1 heterocycles. The average Bonchev–Trinajstić information content (AvgIpc) is 2.38. The maximum absolute atomic E-state index is 13.2. The molecule has 2 rings (SSSR count). The summed E-state index contributed by atoms with van der Waals surface area (Å²) in [6.07, 6.45) is 0.838. The van der Waals surface area contributed by atoms with E-state index in [9.17, 15) is 14.3 Å². The first-order valence-electron chi connectivity index (χ1n) is 6.47. The van der Waals surface area contributed by atoms with Crippen molar-refractivity contribution in [3.63, 3.8) is 0 Å². The fraction of sp³-hybridized carbons (Fsp3) is 0.500. The Labute approximate surface area is 112 Å². The van der Waals surface area contributed by atoms with E-state index in [4.69, 9.17) is 0 Å². The number of nitrogens with one attached hydrogen (secondary N) is 1. The molecule has 5 heteroatoms. The lowest BCUT2D eigenvalue weighted by atomic mass is 9.88. The van der Waals surface area contributed by atoms with Gasteiger partial charge in [0.25, 0.3) is 0 Å². The van der Waals surface area contributed by atoms with E-state index >= 15 is 0 Å². The molecule has 4 nitrogen and oxygen atoms in total. The first-order valence-corrected chi connectivity index (χ1v) is 6.47. The number of rotatable bonds is 2. The third-order valence-electron chi connectivity index (χ3n) is 3.80. The zero-order valence-corrected chi connectivity index (χ0v) is 11.2. The topological polar surface area (TPSA) is 52.6 Å². The highest BCUT2D eigenvalue weighted by Gasteiger charge is 2.35. The highest BCUT2D eigenvalue weighted by molar-refractivity contribution is 5.66. The van der Waals surface area contributed by atoms with Gasteiger partial charge < -0.3 is 10.4 Å². The molecular weight excluding hydrogens is 247 g/mol. The van der Waals surface area contributed by atoms with Gasteiger partial charge in [0.05, 0.1) is 6.04 Å². The summed E-state index contributed by atoms with van der Waals surface area (Å²) in [5, 5.41) is 12.5. The van der Waals surface area contributed by atoms with Crippen molar-refractivity contribution in [1.29, 1.82) is 0 Å². The summed E-state index contributed by atoms with van der Waals surface area (Å²) >= 11 is 0. The average molecular weight is 266 g/mol. The fourth-order valence-corrected chi connectivity index (χ4v) is 2.87. The second-order valence-electron chi connectivity index (χ2n) is 4.96. The zero-order chi connectivity index (χ0) is 14.0. The van der Waals surface area contributed by atoms with Crippen molar-refractivity contribution in [3.05, 3.63) is 35.1 Å². The normalized spacial score (nSPS) is 23.4. The molecule has 1 aromatic rings. The molecule has 1 aliphatic rings. The highest BCUT2D eigenvalue weighted by Crippen LogP contribution is 2.33. The van der Waals surface area contributed by atoms with Crippen LogP contribution in [-0.2, 0) is 0 Å². The van der Waals surface area contributed by atoms with E-state index in [1.54, 1.807) is 6.07 Å². The third-order valence-corrected chi connectivity index (χ3v) is 3.80. The van der Waals surface area contributed by atoms with Crippen molar-refractivity contribution < 1.29 is 14.3 Å². The van der Waals surface area contributed by atoms with Gasteiger partial charge in [-0.15, -0.1) is 0 Å². The molecule has 1 saturated heterocycles. The minimum Gasteiger partial charge on any atom is -0.465 e. The molecule has 2 N–H and O–H groups in total. The number of likely N-dealkylation sites (tertiary alicyclic amines) is 1. The quantitative estimate of drug-likeness (QED) is 0.865. The number of piperidine rings is 1. The van der Waals surface area contributed by atoms with Gasteiger partial charge >= 0.3 is 6.09 Å². The monoisotopic (exact) mass is 266 g/mol. The molecule has 104 valence electrons. The van der Waals surface area contributed by atoms with E-state index in [2.05, 4.69) is 5.32 Å². The molecule has 2 unspecified atom stereocenters.